The van der Waals surface area contributed by atoms with Crippen LogP contribution in [0.1, 0.15) is 0 Å². The maximum Gasteiger partial charge on any atom is 0.126 e. The standard InChI is InChI=1S/C7H12N4.3ClH/c8-3-4-10-7-2-1-6(9)5-11-7;;;/h1-2,5H,3-4,8-9H2,(H,10,11);3*1H. The average Bonchev–Trinajstić information content (AvgIpc) is 2.04. The number of nitrogens with zero attached hydrogens (tertiary/aromatic N) is 1. The Morgan fingerprint density at radius 3 is 2.29 bits per heavy atom. The Balaban J connectivity index is -0.000000403. The molecule has 0 saturated carbocycles. The molecule has 4 nitrogen and oxygen atoms in total. The number of aromatic nitrogens is 1. The molecule has 1 aromatic rings. The topological polar surface area (TPSA) is 77.0 Å². The highest BCUT2D eigenvalue weighted by Crippen LogP contribution is 2.04. The molecular formula is C7H15Cl3N4. The second-order valence-electron chi connectivity index (χ2n) is 2.19. The van der Waals surface area contributed by atoms with E-state index in [1.54, 1.807) is 12.3 Å². The van der Waals surface area contributed by atoms with Crippen molar-refractivity contribution in [1.29, 1.82) is 0 Å². The summed E-state index contributed by atoms with van der Waals surface area (Å²) in [6, 6.07) is 3.62. The average molecular weight is 262 g/mol. The van der Waals surface area contributed by atoms with Crippen molar-refractivity contribution in [3.8, 4) is 0 Å². The molecule has 1 heterocycles. The Morgan fingerprint density at radius 1 is 1.21 bits per heavy atom. The first-order chi connectivity index (χ1) is 5.33. The van der Waals surface area contributed by atoms with Gasteiger partial charge in [-0.2, -0.15) is 0 Å². The molecule has 0 bridgehead atoms. The molecule has 84 valence electrons. The minimum Gasteiger partial charge on any atom is -0.397 e. The van der Waals surface area contributed by atoms with Crippen LogP contribution in [-0.4, -0.2) is 18.1 Å². The largest absolute Gasteiger partial charge is 0.397 e. The van der Waals surface area contributed by atoms with Crippen LogP contribution in [0.15, 0.2) is 18.3 Å². The lowest BCUT2D eigenvalue weighted by molar-refractivity contribution is 1.01. The molecule has 0 aromatic carbocycles. The summed E-state index contributed by atoms with van der Waals surface area (Å²) in [6.45, 7) is 1.34. The van der Waals surface area contributed by atoms with E-state index in [0.717, 1.165) is 12.4 Å². The lowest BCUT2D eigenvalue weighted by Gasteiger charge is -2.02. The van der Waals surface area contributed by atoms with Crippen LogP contribution in [0.4, 0.5) is 11.5 Å². The smallest absolute Gasteiger partial charge is 0.126 e. The predicted molar refractivity (Wildman–Crippen MR) is 67.9 cm³/mol. The van der Waals surface area contributed by atoms with E-state index in [9.17, 15) is 0 Å². The van der Waals surface area contributed by atoms with E-state index in [0.29, 0.717) is 12.2 Å². The Hall–Kier alpha value is -0.420. The van der Waals surface area contributed by atoms with Gasteiger partial charge in [-0.25, -0.2) is 4.98 Å². The molecule has 0 aliphatic heterocycles. The zero-order valence-corrected chi connectivity index (χ0v) is 9.92. The van der Waals surface area contributed by atoms with Gasteiger partial charge in [0.1, 0.15) is 5.82 Å². The fourth-order valence-corrected chi connectivity index (χ4v) is 0.710. The van der Waals surface area contributed by atoms with E-state index in [4.69, 9.17) is 11.5 Å². The molecule has 0 saturated heterocycles. The summed E-state index contributed by atoms with van der Waals surface area (Å²) < 4.78 is 0. The molecule has 0 fully saturated rings. The van der Waals surface area contributed by atoms with E-state index in [1.807, 2.05) is 6.07 Å². The molecule has 0 aliphatic carbocycles. The zero-order valence-electron chi connectivity index (χ0n) is 7.47. The van der Waals surface area contributed by atoms with Crippen molar-refractivity contribution >= 4 is 48.7 Å². The van der Waals surface area contributed by atoms with Crippen LogP contribution in [0, 0.1) is 0 Å². The van der Waals surface area contributed by atoms with Crippen molar-refractivity contribution in [2.24, 2.45) is 5.73 Å². The fraction of sp³-hybridized carbons (Fsp3) is 0.286. The Morgan fingerprint density at radius 2 is 1.86 bits per heavy atom. The molecule has 0 amide bonds. The van der Waals surface area contributed by atoms with Gasteiger partial charge in [0.05, 0.1) is 11.9 Å². The van der Waals surface area contributed by atoms with Gasteiger partial charge in [0.15, 0.2) is 0 Å². The Labute approximate surface area is 102 Å². The van der Waals surface area contributed by atoms with Gasteiger partial charge < -0.3 is 16.8 Å². The number of nitrogen functional groups attached to an aromatic ring is 1. The maximum absolute atomic E-state index is 5.44. The molecule has 1 rings (SSSR count). The van der Waals surface area contributed by atoms with Crippen molar-refractivity contribution < 1.29 is 0 Å². The number of halogens is 3. The number of hydrogen-bond acceptors (Lipinski definition) is 4. The fourth-order valence-electron chi connectivity index (χ4n) is 0.710. The minimum absolute atomic E-state index is 0. The maximum atomic E-state index is 5.44. The number of pyridine rings is 1. The zero-order chi connectivity index (χ0) is 8.10. The minimum atomic E-state index is 0. The summed E-state index contributed by atoms with van der Waals surface area (Å²) in [7, 11) is 0. The van der Waals surface area contributed by atoms with E-state index in [1.165, 1.54) is 0 Å². The number of nitrogens with two attached hydrogens (primary N) is 2. The number of hydrogen-bond donors (Lipinski definition) is 3. The van der Waals surface area contributed by atoms with Gasteiger partial charge in [-0.3, -0.25) is 0 Å². The third-order valence-electron chi connectivity index (χ3n) is 1.24. The van der Waals surface area contributed by atoms with Crippen LogP contribution >= 0.6 is 37.2 Å². The molecule has 0 radical (unpaired) electrons. The third kappa shape index (κ3) is 7.03. The highest BCUT2D eigenvalue weighted by Gasteiger charge is 1.89. The quantitative estimate of drug-likeness (QED) is 0.766. The summed E-state index contributed by atoms with van der Waals surface area (Å²) in [4.78, 5) is 4.02. The van der Waals surface area contributed by atoms with Crippen LogP contribution < -0.4 is 16.8 Å². The summed E-state index contributed by atoms with van der Waals surface area (Å²) in [6.07, 6.45) is 1.61. The van der Waals surface area contributed by atoms with Crippen LogP contribution in [0.5, 0.6) is 0 Å². The van der Waals surface area contributed by atoms with Crippen molar-refractivity contribution in [2.45, 2.75) is 0 Å². The third-order valence-corrected chi connectivity index (χ3v) is 1.24. The summed E-state index contributed by atoms with van der Waals surface area (Å²) >= 11 is 0. The molecule has 0 aliphatic rings. The molecule has 7 heteroatoms. The van der Waals surface area contributed by atoms with Gasteiger partial charge in [0.25, 0.3) is 0 Å². The van der Waals surface area contributed by atoms with Gasteiger partial charge in [-0.05, 0) is 12.1 Å². The van der Waals surface area contributed by atoms with E-state index in [2.05, 4.69) is 10.3 Å². The molecule has 0 spiro atoms. The second kappa shape index (κ2) is 10.7. The normalized spacial score (nSPS) is 7.50. The van der Waals surface area contributed by atoms with Crippen molar-refractivity contribution in [3.05, 3.63) is 18.3 Å². The molecule has 14 heavy (non-hydrogen) atoms. The predicted octanol–water partition coefficient (Wildman–Crippen LogP) is 1.30. The van der Waals surface area contributed by atoms with Crippen LogP contribution in [-0.2, 0) is 0 Å². The number of anilines is 2. The first-order valence-corrected chi connectivity index (χ1v) is 3.48. The van der Waals surface area contributed by atoms with Crippen molar-refractivity contribution in [3.63, 3.8) is 0 Å². The SMILES string of the molecule is Cl.Cl.Cl.NCCNc1ccc(N)cn1. The van der Waals surface area contributed by atoms with Crippen LogP contribution in [0.3, 0.4) is 0 Å². The van der Waals surface area contributed by atoms with Gasteiger partial charge in [0.2, 0.25) is 0 Å². The lowest BCUT2D eigenvalue weighted by atomic mass is 10.4. The van der Waals surface area contributed by atoms with Gasteiger partial charge in [-0.15, -0.1) is 37.2 Å². The summed E-state index contributed by atoms with van der Waals surface area (Å²) in [5.41, 5.74) is 11.4. The molecule has 5 N–H and O–H groups in total. The van der Waals surface area contributed by atoms with E-state index < -0.39 is 0 Å². The highest BCUT2D eigenvalue weighted by molar-refractivity contribution is 5.86. The first-order valence-electron chi connectivity index (χ1n) is 3.48. The summed E-state index contributed by atoms with van der Waals surface area (Å²) in [5.74, 6) is 0.810. The highest BCUT2D eigenvalue weighted by atomic mass is 35.5. The molecular weight excluding hydrogens is 246 g/mol. The van der Waals surface area contributed by atoms with Crippen molar-refractivity contribution in [2.75, 3.05) is 24.1 Å². The van der Waals surface area contributed by atoms with Gasteiger partial charge >= 0.3 is 0 Å². The van der Waals surface area contributed by atoms with Crippen LogP contribution in [0.2, 0.25) is 0 Å². The first kappa shape index (κ1) is 19.2. The Kier molecular flexibility index (Phi) is 14.6. The van der Waals surface area contributed by atoms with Gasteiger partial charge in [0, 0.05) is 13.1 Å². The summed E-state index contributed by atoms with van der Waals surface area (Å²) in [5, 5.41) is 3.03. The number of rotatable bonds is 3. The van der Waals surface area contributed by atoms with E-state index >= 15 is 0 Å². The molecule has 0 atom stereocenters. The second-order valence-corrected chi connectivity index (χ2v) is 2.19. The lowest BCUT2D eigenvalue weighted by Crippen LogP contribution is -2.13. The van der Waals surface area contributed by atoms with Crippen LogP contribution in [0.25, 0.3) is 0 Å². The van der Waals surface area contributed by atoms with Gasteiger partial charge in [-0.1, -0.05) is 0 Å². The molecule has 0 unspecified atom stereocenters. The van der Waals surface area contributed by atoms with E-state index in [-0.39, 0.29) is 37.2 Å². The van der Waals surface area contributed by atoms with Crippen molar-refractivity contribution in [1.82, 2.24) is 4.98 Å². The Bertz CT molecular complexity index is 217. The number of nitrogens with one attached hydrogen (secondary N) is 1. The monoisotopic (exact) mass is 260 g/mol. The molecule has 1 aromatic heterocycles.